The summed E-state index contributed by atoms with van der Waals surface area (Å²) >= 11 is 0. The predicted octanol–water partition coefficient (Wildman–Crippen LogP) is 3.35. The van der Waals surface area contributed by atoms with Crippen molar-refractivity contribution in [3.63, 3.8) is 0 Å². The average Bonchev–Trinajstić information content (AvgIpc) is 3.10. The fraction of sp³-hybridized carbons (Fsp3) is 0.500. The van der Waals surface area contributed by atoms with E-state index in [1.54, 1.807) is 0 Å². The third kappa shape index (κ3) is 2.05. The summed E-state index contributed by atoms with van der Waals surface area (Å²) in [4.78, 5) is 0. The SMILES string of the molecule is Cc1ccc(N2C[C@@H]3[C@@H]([C@@H]4C=C[C@H]3C4)S2(=O)=O)cc1C(F)(F)F. The predicted molar refractivity (Wildman–Crippen MR) is 80.5 cm³/mol. The zero-order valence-electron chi connectivity index (χ0n) is 12.4. The third-order valence-corrected chi connectivity index (χ3v) is 7.75. The number of allylic oxidation sites excluding steroid dienone is 2. The van der Waals surface area contributed by atoms with Gasteiger partial charge >= 0.3 is 6.18 Å². The molecule has 1 aliphatic heterocycles. The fourth-order valence-electron chi connectivity index (χ4n) is 4.33. The maximum atomic E-state index is 13.1. The molecular weight excluding hydrogens is 327 g/mol. The van der Waals surface area contributed by atoms with Crippen molar-refractivity contribution in [2.75, 3.05) is 10.8 Å². The first-order valence-electron chi connectivity index (χ1n) is 7.57. The van der Waals surface area contributed by atoms with Crippen LogP contribution in [0.4, 0.5) is 18.9 Å². The molecule has 0 unspecified atom stereocenters. The Morgan fingerprint density at radius 1 is 1.17 bits per heavy atom. The van der Waals surface area contributed by atoms with Crippen LogP contribution in [-0.4, -0.2) is 20.2 Å². The zero-order chi connectivity index (χ0) is 16.6. The van der Waals surface area contributed by atoms with Crippen LogP contribution in [0.1, 0.15) is 17.5 Å². The van der Waals surface area contributed by atoms with Gasteiger partial charge in [0.05, 0.1) is 16.5 Å². The normalized spacial score (nSPS) is 34.2. The van der Waals surface area contributed by atoms with Crippen molar-refractivity contribution in [2.45, 2.75) is 24.8 Å². The zero-order valence-corrected chi connectivity index (χ0v) is 13.2. The number of benzene rings is 1. The van der Waals surface area contributed by atoms with Gasteiger partial charge in [0.1, 0.15) is 0 Å². The number of halogens is 3. The average molecular weight is 343 g/mol. The maximum Gasteiger partial charge on any atom is 0.416 e. The van der Waals surface area contributed by atoms with Crippen molar-refractivity contribution in [1.82, 2.24) is 0 Å². The van der Waals surface area contributed by atoms with Crippen molar-refractivity contribution in [1.29, 1.82) is 0 Å². The summed E-state index contributed by atoms with van der Waals surface area (Å²) in [7, 11) is -3.61. The number of nitrogens with zero attached hydrogens (tertiary/aromatic N) is 1. The lowest BCUT2D eigenvalue weighted by Gasteiger charge is -2.22. The van der Waals surface area contributed by atoms with Crippen LogP contribution in [0.15, 0.2) is 30.4 Å². The molecule has 0 N–H and O–H groups in total. The van der Waals surface area contributed by atoms with Crippen molar-refractivity contribution in [2.24, 2.45) is 17.8 Å². The third-order valence-electron chi connectivity index (χ3n) is 5.39. The van der Waals surface area contributed by atoms with E-state index in [0.29, 0.717) is 0 Å². The minimum Gasteiger partial charge on any atom is -0.270 e. The molecule has 124 valence electrons. The summed E-state index contributed by atoms with van der Waals surface area (Å²) in [6, 6.07) is 3.77. The number of rotatable bonds is 1. The Hall–Kier alpha value is -1.50. The summed E-state index contributed by atoms with van der Waals surface area (Å²) in [6.45, 7) is 1.66. The van der Waals surface area contributed by atoms with Crippen LogP contribution in [0.3, 0.4) is 0 Å². The van der Waals surface area contributed by atoms with Crippen LogP contribution in [0.2, 0.25) is 0 Å². The Morgan fingerprint density at radius 3 is 2.52 bits per heavy atom. The van der Waals surface area contributed by atoms with Gasteiger partial charge in [-0.2, -0.15) is 13.2 Å². The molecule has 2 fully saturated rings. The van der Waals surface area contributed by atoms with Crippen molar-refractivity contribution < 1.29 is 21.6 Å². The minimum absolute atomic E-state index is 0.00698. The molecule has 4 atom stereocenters. The van der Waals surface area contributed by atoms with Gasteiger partial charge in [0.2, 0.25) is 10.0 Å². The fourth-order valence-corrected chi connectivity index (χ4v) is 6.78. The molecule has 1 aromatic carbocycles. The number of hydrogen-bond donors (Lipinski definition) is 0. The molecule has 1 saturated carbocycles. The minimum atomic E-state index is -4.49. The number of anilines is 1. The van der Waals surface area contributed by atoms with Gasteiger partial charge in [-0.15, -0.1) is 0 Å². The second kappa shape index (κ2) is 4.53. The van der Waals surface area contributed by atoms with E-state index in [1.807, 2.05) is 6.08 Å². The van der Waals surface area contributed by atoms with E-state index >= 15 is 0 Å². The molecule has 0 amide bonds. The quantitative estimate of drug-likeness (QED) is 0.734. The lowest BCUT2D eigenvalue weighted by Crippen LogP contribution is -2.32. The molecule has 0 aromatic heterocycles. The van der Waals surface area contributed by atoms with Crippen LogP contribution in [-0.2, 0) is 16.2 Å². The molecule has 0 spiro atoms. The first-order valence-corrected chi connectivity index (χ1v) is 9.07. The van der Waals surface area contributed by atoms with Crippen LogP contribution in [0.5, 0.6) is 0 Å². The van der Waals surface area contributed by atoms with Gasteiger partial charge in [-0.1, -0.05) is 18.2 Å². The first-order chi connectivity index (χ1) is 10.7. The molecule has 0 radical (unpaired) electrons. The Morgan fingerprint density at radius 2 is 1.87 bits per heavy atom. The van der Waals surface area contributed by atoms with E-state index in [4.69, 9.17) is 0 Å². The highest BCUT2D eigenvalue weighted by molar-refractivity contribution is 7.93. The van der Waals surface area contributed by atoms with Crippen LogP contribution in [0, 0.1) is 24.7 Å². The van der Waals surface area contributed by atoms with Crippen LogP contribution < -0.4 is 4.31 Å². The molecule has 7 heteroatoms. The molecule has 2 aliphatic carbocycles. The summed E-state index contributed by atoms with van der Waals surface area (Å²) in [5, 5.41) is -0.479. The summed E-state index contributed by atoms with van der Waals surface area (Å²) in [5.74, 6) is 0.232. The Kier molecular flexibility index (Phi) is 2.96. The Labute approximate surface area is 132 Å². The number of aryl methyl sites for hydroxylation is 1. The molecule has 3 nitrogen and oxygen atoms in total. The number of alkyl halides is 3. The summed E-state index contributed by atoms with van der Waals surface area (Å²) in [6.07, 6.45) is 0.369. The number of hydrogen-bond acceptors (Lipinski definition) is 2. The Bertz CT molecular complexity index is 800. The highest BCUT2D eigenvalue weighted by Crippen LogP contribution is 2.52. The molecular formula is C16H16F3NO2S. The van der Waals surface area contributed by atoms with E-state index in [2.05, 4.69) is 6.08 Å². The van der Waals surface area contributed by atoms with Gasteiger partial charge in [0.15, 0.2) is 0 Å². The molecule has 23 heavy (non-hydrogen) atoms. The second-order valence-corrected chi connectivity index (χ2v) is 8.66. The monoisotopic (exact) mass is 343 g/mol. The highest BCUT2D eigenvalue weighted by atomic mass is 32.2. The topological polar surface area (TPSA) is 37.4 Å². The lowest BCUT2D eigenvalue weighted by molar-refractivity contribution is -0.138. The van der Waals surface area contributed by atoms with Gasteiger partial charge < -0.3 is 0 Å². The second-order valence-electron chi connectivity index (χ2n) is 6.65. The molecule has 1 saturated heterocycles. The van der Waals surface area contributed by atoms with Crippen molar-refractivity contribution in [3.8, 4) is 0 Å². The molecule has 1 aromatic rings. The maximum absolute atomic E-state index is 13.1. The summed E-state index contributed by atoms with van der Waals surface area (Å²) in [5.41, 5.74) is -0.556. The standard InChI is InChI=1S/C16H16F3NO2S/c1-9-2-5-12(7-14(9)16(17,18)19)20-8-13-10-3-4-11(6-10)15(13)23(20,21)22/h2-5,7,10-11,13,15H,6,8H2,1H3/t10-,11+,13-,15+/m0/s1. The van der Waals surface area contributed by atoms with Crippen LogP contribution in [0.25, 0.3) is 0 Å². The molecule has 2 bridgehead atoms. The number of fused-ring (bicyclic) bond motifs is 5. The van der Waals surface area contributed by atoms with E-state index in [1.165, 1.54) is 23.4 Å². The smallest absolute Gasteiger partial charge is 0.270 e. The largest absolute Gasteiger partial charge is 0.416 e. The Balaban J connectivity index is 1.76. The molecule has 1 heterocycles. The lowest BCUT2D eigenvalue weighted by atomic mass is 9.93. The van der Waals surface area contributed by atoms with Crippen molar-refractivity contribution >= 4 is 15.7 Å². The highest BCUT2D eigenvalue weighted by Gasteiger charge is 2.58. The van der Waals surface area contributed by atoms with Crippen LogP contribution >= 0.6 is 0 Å². The van der Waals surface area contributed by atoms with E-state index in [9.17, 15) is 21.6 Å². The first kappa shape index (κ1) is 15.1. The van der Waals surface area contributed by atoms with Gasteiger partial charge in [-0.3, -0.25) is 4.31 Å². The van der Waals surface area contributed by atoms with E-state index in [-0.39, 0.29) is 35.5 Å². The summed E-state index contributed by atoms with van der Waals surface area (Å²) < 4.78 is 66.1. The van der Waals surface area contributed by atoms with Gasteiger partial charge in [0.25, 0.3) is 0 Å². The molecule has 3 aliphatic rings. The number of sulfonamides is 1. The van der Waals surface area contributed by atoms with E-state index < -0.39 is 27.0 Å². The van der Waals surface area contributed by atoms with Gasteiger partial charge in [0, 0.05) is 12.5 Å². The van der Waals surface area contributed by atoms with Gasteiger partial charge in [-0.05, 0) is 42.9 Å². The van der Waals surface area contributed by atoms with Crippen molar-refractivity contribution in [3.05, 3.63) is 41.5 Å². The molecule has 4 rings (SSSR count). The van der Waals surface area contributed by atoms with Gasteiger partial charge in [-0.25, -0.2) is 8.42 Å². The van der Waals surface area contributed by atoms with E-state index in [0.717, 1.165) is 12.5 Å².